The van der Waals surface area contributed by atoms with Gasteiger partial charge in [0.05, 0.1) is 6.54 Å². The highest BCUT2D eigenvalue weighted by molar-refractivity contribution is 5.78. The van der Waals surface area contributed by atoms with Gasteiger partial charge in [-0.2, -0.15) is 0 Å². The van der Waals surface area contributed by atoms with Crippen LogP contribution in [0.5, 0.6) is 0 Å². The van der Waals surface area contributed by atoms with Crippen LogP contribution in [0.1, 0.15) is 44.6 Å². The quantitative estimate of drug-likeness (QED) is 0.893. The highest BCUT2D eigenvalue weighted by Crippen LogP contribution is 2.23. The Morgan fingerprint density at radius 2 is 1.72 bits per heavy atom. The molecule has 1 heterocycles. The summed E-state index contributed by atoms with van der Waals surface area (Å²) in [4.78, 5) is 17.3. The Bertz CT molecular complexity index is 533. The van der Waals surface area contributed by atoms with Gasteiger partial charge in [0.1, 0.15) is 0 Å². The molecule has 0 aromatic heterocycles. The Labute approximate surface area is 152 Å². The molecule has 1 amide bonds. The Hall–Kier alpha value is -1.39. The van der Waals surface area contributed by atoms with E-state index in [-0.39, 0.29) is 5.91 Å². The molecule has 138 valence electrons. The van der Waals surface area contributed by atoms with E-state index in [2.05, 4.69) is 52.4 Å². The van der Waals surface area contributed by atoms with Gasteiger partial charge in [0.25, 0.3) is 0 Å². The van der Waals surface area contributed by atoms with Gasteiger partial charge >= 0.3 is 0 Å². The van der Waals surface area contributed by atoms with E-state index in [1.54, 1.807) is 0 Å². The number of benzene rings is 1. The van der Waals surface area contributed by atoms with Gasteiger partial charge in [-0.1, -0.05) is 50.1 Å². The van der Waals surface area contributed by atoms with Crippen LogP contribution in [0.3, 0.4) is 0 Å². The Morgan fingerprint density at radius 3 is 2.52 bits per heavy atom. The molecule has 25 heavy (non-hydrogen) atoms. The smallest absolute Gasteiger partial charge is 0.234 e. The second-order valence-electron chi connectivity index (χ2n) is 7.83. The molecule has 4 heteroatoms. The molecule has 0 unspecified atom stereocenters. The molecular formula is C21H33N3O. The van der Waals surface area contributed by atoms with Crippen molar-refractivity contribution < 1.29 is 4.79 Å². The third-order valence-corrected chi connectivity index (χ3v) is 5.76. The second kappa shape index (κ2) is 9.35. The number of rotatable bonds is 5. The van der Waals surface area contributed by atoms with Crippen molar-refractivity contribution in [3.8, 4) is 0 Å². The van der Waals surface area contributed by atoms with Crippen molar-refractivity contribution in [3.63, 3.8) is 0 Å². The number of nitrogens with zero attached hydrogens (tertiary/aromatic N) is 2. The van der Waals surface area contributed by atoms with E-state index in [1.165, 1.54) is 24.8 Å². The van der Waals surface area contributed by atoms with Crippen LogP contribution in [0.4, 0.5) is 0 Å². The lowest BCUT2D eigenvalue weighted by molar-refractivity contribution is -0.123. The third-order valence-electron chi connectivity index (χ3n) is 5.76. The standard InChI is InChI=1S/C21H33N3O/c1-18-8-5-6-11-20(18)22-21(25)17-24-13-7-12-23(14-15-24)16-19-9-3-2-4-10-19/h2-4,9-10,18,20H,5-8,11-17H2,1H3,(H,22,25)/t18-,20-/m1/s1. The van der Waals surface area contributed by atoms with Crippen molar-refractivity contribution in [3.05, 3.63) is 35.9 Å². The van der Waals surface area contributed by atoms with Crippen molar-refractivity contribution >= 4 is 5.91 Å². The van der Waals surface area contributed by atoms with Crippen LogP contribution in [0.15, 0.2) is 30.3 Å². The summed E-state index contributed by atoms with van der Waals surface area (Å²) in [5.74, 6) is 0.846. The molecule has 1 aliphatic heterocycles. The molecule has 1 aromatic rings. The fourth-order valence-corrected chi connectivity index (χ4v) is 4.17. The predicted molar refractivity (Wildman–Crippen MR) is 102 cm³/mol. The summed E-state index contributed by atoms with van der Waals surface area (Å²) >= 11 is 0. The molecule has 1 aromatic carbocycles. The number of carbonyl (C=O) groups excluding carboxylic acids is 1. The number of amides is 1. The average Bonchev–Trinajstić information content (AvgIpc) is 2.83. The lowest BCUT2D eigenvalue weighted by Crippen LogP contribution is -2.46. The largest absolute Gasteiger partial charge is 0.352 e. The topological polar surface area (TPSA) is 35.6 Å². The number of nitrogens with one attached hydrogen (secondary N) is 1. The van der Waals surface area contributed by atoms with E-state index < -0.39 is 0 Å². The zero-order chi connectivity index (χ0) is 17.5. The minimum absolute atomic E-state index is 0.218. The zero-order valence-electron chi connectivity index (χ0n) is 15.6. The molecule has 4 nitrogen and oxygen atoms in total. The minimum Gasteiger partial charge on any atom is -0.352 e. The fourth-order valence-electron chi connectivity index (χ4n) is 4.17. The van der Waals surface area contributed by atoms with Crippen LogP contribution in [0, 0.1) is 5.92 Å². The number of hydrogen-bond donors (Lipinski definition) is 1. The van der Waals surface area contributed by atoms with E-state index >= 15 is 0 Å². The molecule has 2 aliphatic rings. The lowest BCUT2D eigenvalue weighted by Gasteiger charge is -2.30. The summed E-state index contributed by atoms with van der Waals surface area (Å²) in [7, 11) is 0. The molecule has 3 rings (SSSR count). The predicted octanol–water partition coefficient (Wildman–Crippen LogP) is 2.89. The molecule has 1 saturated heterocycles. The van der Waals surface area contributed by atoms with E-state index in [9.17, 15) is 4.79 Å². The SMILES string of the molecule is C[C@@H]1CCCC[C@H]1NC(=O)CN1CCCN(Cc2ccccc2)CC1. The first-order valence-corrected chi connectivity index (χ1v) is 9.99. The van der Waals surface area contributed by atoms with Crippen LogP contribution in [-0.2, 0) is 11.3 Å². The molecule has 0 bridgehead atoms. The summed E-state index contributed by atoms with van der Waals surface area (Å²) in [6.07, 6.45) is 6.12. The van der Waals surface area contributed by atoms with Crippen molar-refractivity contribution in [1.29, 1.82) is 0 Å². The summed E-state index contributed by atoms with van der Waals surface area (Å²) in [6, 6.07) is 11.1. The van der Waals surface area contributed by atoms with Gasteiger partial charge in [-0.15, -0.1) is 0 Å². The Balaban J connectivity index is 1.42. The first-order valence-electron chi connectivity index (χ1n) is 9.99. The van der Waals surface area contributed by atoms with Crippen molar-refractivity contribution in [2.45, 2.75) is 51.6 Å². The first kappa shape index (κ1) is 18.4. The van der Waals surface area contributed by atoms with E-state index in [4.69, 9.17) is 0 Å². The highest BCUT2D eigenvalue weighted by Gasteiger charge is 2.24. The molecule has 2 fully saturated rings. The highest BCUT2D eigenvalue weighted by atomic mass is 16.2. The summed E-state index contributed by atoms with van der Waals surface area (Å²) in [5, 5.41) is 3.29. The van der Waals surface area contributed by atoms with Crippen molar-refractivity contribution in [2.75, 3.05) is 32.7 Å². The van der Waals surface area contributed by atoms with Crippen LogP contribution in [0.25, 0.3) is 0 Å². The van der Waals surface area contributed by atoms with Crippen molar-refractivity contribution in [1.82, 2.24) is 15.1 Å². The van der Waals surface area contributed by atoms with E-state index in [0.717, 1.165) is 45.6 Å². The van der Waals surface area contributed by atoms with Crippen LogP contribution >= 0.6 is 0 Å². The van der Waals surface area contributed by atoms with Gasteiger partial charge in [-0.05, 0) is 43.8 Å². The molecule has 1 aliphatic carbocycles. The maximum atomic E-state index is 12.4. The number of carbonyl (C=O) groups is 1. The van der Waals surface area contributed by atoms with Gasteiger partial charge in [0.2, 0.25) is 5.91 Å². The Kier molecular flexibility index (Phi) is 6.88. The maximum Gasteiger partial charge on any atom is 0.234 e. The van der Waals surface area contributed by atoms with Crippen LogP contribution < -0.4 is 5.32 Å². The molecular weight excluding hydrogens is 310 g/mol. The molecule has 1 N–H and O–H groups in total. The normalized spacial score (nSPS) is 26.1. The first-order chi connectivity index (χ1) is 12.2. The lowest BCUT2D eigenvalue weighted by atomic mass is 9.86. The monoisotopic (exact) mass is 343 g/mol. The molecule has 0 radical (unpaired) electrons. The Morgan fingerprint density at radius 1 is 1.00 bits per heavy atom. The molecule has 1 saturated carbocycles. The van der Waals surface area contributed by atoms with Crippen molar-refractivity contribution in [2.24, 2.45) is 5.92 Å². The van der Waals surface area contributed by atoms with Gasteiger partial charge in [0.15, 0.2) is 0 Å². The summed E-state index contributed by atoms with van der Waals surface area (Å²) < 4.78 is 0. The van der Waals surface area contributed by atoms with Gasteiger partial charge < -0.3 is 5.32 Å². The number of hydrogen-bond acceptors (Lipinski definition) is 3. The fraction of sp³-hybridized carbons (Fsp3) is 0.667. The van der Waals surface area contributed by atoms with Gasteiger partial charge in [-0.3, -0.25) is 14.6 Å². The van der Waals surface area contributed by atoms with Crippen LogP contribution in [-0.4, -0.2) is 54.5 Å². The second-order valence-corrected chi connectivity index (χ2v) is 7.83. The zero-order valence-corrected chi connectivity index (χ0v) is 15.6. The molecule has 2 atom stereocenters. The van der Waals surface area contributed by atoms with Gasteiger partial charge in [0, 0.05) is 25.7 Å². The third kappa shape index (κ3) is 5.82. The van der Waals surface area contributed by atoms with E-state index in [1.807, 2.05) is 0 Å². The molecule has 0 spiro atoms. The summed E-state index contributed by atoms with van der Waals surface area (Å²) in [5.41, 5.74) is 1.37. The maximum absolute atomic E-state index is 12.4. The average molecular weight is 344 g/mol. The van der Waals surface area contributed by atoms with E-state index in [0.29, 0.717) is 18.5 Å². The van der Waals surface area contributed by atoms with Crippen LogP contribution in [0.2, 0.25) is 0 Å². The van der Waals surface area contributed by atoms with Gasteiger partial charge in [-0.25, -0.2) is 0 Å². The minimum atomic E-state index is 0.218. The summed E-state index contributed by atoms with van der Waals surface area (Å²) in [6.45, 7) is 8.02.